The minimum absolute atomic E-state index is 0.0381. The first-order valence-electron chi connectivity index (χ1n) is 8.30. The van der Waals surface area contributed by atoms with Crippen molar-refractivity contribution in [2.24, 2.45) is 0 Å². The van der Waals surface area contributed by atoms with Crippen LogP contribution in [0.15, 0.2) is 30.6 Å². The van der Waals surface area contributed by atoms with Crippen molar-refractivity contribution in [2.75, 3.05) is 11.9 Å². The molecule has 0 spiro atoms. The van der Waals surface area contributed by atoms with Gasteiger partial charge in [-0.05, 0) is 12.0 Å². The molecule has 1 aliphatic heterocycles. The molecule has 0 fully saturated rings. The van der Waals surface area contributed by atoms with Crippen LogP contribution >= 0.6 is 11.6 Å². The van der Waals surface area contributed by atoms with Crippen LogP contribution in [0.4, 0.5) is 5.69 Å². The molecule has 2 heterocycles. The van der Waals surface area contributed by atoms with E-state index >= 15 is 0 Å². The summed E-state index contributed by atoms with van der Waals surface area (Å²) in [4.78, 5) is 29.6. The number of aromatic nitrogens is 1. The number of fused-ring (bicyclic) bond motifs is 1. The molecule has 0 unspecified atom stereocenters. The van der Waals surface area contributed by atoms with E-state index in [2.05, 4.69) is 10.3 Å². The topological polar surface area (TPSA) is 62.3 Å². The van der Waals surface area contributed by atoms with E-state index in [0.29, 0.717) is 24.4 Å². The summed E-state index contributed by atoms with van der Waals surface area (Å²) in [6.07, 6.45) is 5.03. The van der Waals surface area contributed by atoms with Gasteiger partial charge in [-0.25, -0.2) is 0 Å². The number of aryl methyl sites for hydroxylation is 1. The minimum atomic E-state index is -0.0381. The highest BCUT2D eigenvalue weighted by Crippen LogP contribution is 2.40. The van der Waals surface area contributed by atoms with Crippen molar-refractivity contribution >= 4 is 29.1 Å². The molecular formula is C19H20ClN3O2. The highest BCUT2D eigenvalue weighted by atomic mass is 35.5. The van der Waals surface area contributed by atoms with Crippen LogP contribution in [0.5, 0.6) is 0 Å². The Bertz CT molecular complexity index is 835. The first-order chi connectivity index (χ1) is 12.0. The molecule has 1 N–H and O–H groups in total. The number of halogens is 1. The highest BCUT2D eigenvalue weighted by Gasteiger charge is 2.25. The van der Waals surface area contributed by atoms with E-state index in [-0.39, 0.29) is 11.8 Å². The van der Waals surface area contributed by atoms with E-state index in [0.717, 1.165) is 34.4 Å². The Morgan fingerprint density at radius 3 is 2.84 bits per heavy atom. The first-order valence-corrected chi connectivity index (χ1v) is 8.68. The summed E-state index contributed by atoms with van der Waals surface area (Å²) in [5.74, 6) is 0.0549. The van der Waals surface area contributed by atoms with Gasteiger partial charge in [-0.3, -0.25) is 14.6 Å². The molecule has 1 aromatic carbocycles. The van der Waals surface area contributed by atoms with Gasteiger partial charge in [0.1, 0.15) is 0 Å². The van der Waals surface area contributed by atoms with Crippen molar-refractivity contribution in [3.63, 3.8) is 0 Å². The van der Waals surface area contributed by atoms with Crippen LogP contribution in [-0.4, -0.2) is 23.8 Å². The lowest BCUT2D eigenvalue weighted by atomic mass is 9.94. The van der Waals surface area contributed by atoms with Crippen molar-refractivity contribution in [1.29, 1.82) is 0 Å². The zero-order valence-corrected chi connectivity index (χ0v) is 15.1. The van der Waals surface area contributed by atoms with Crippen LogP contribution in [0.2, 0.25) is 5.02 Å². The maximum absolute atomic E-state index is 12.1. The van der Waals surface area contributed by atoms with Crippen LogP contribution in [0.1, 0.15) is 30.9 Å². The molecule has 0 saturated carbocycles. The van der Waals surface area contributed by atoms with Crippen LogP contribution in [0.25, 0.3) is 11.1 Å². The summed E-state index contributed by atoms with van der Waals surface area (Å²) in [7, 11) is 1.79. The van der Waals surface area contributed by atoms with Crippen LogP contribution in [0.3, 0.4) is 0 Å². The van der Waals surface area contributed by atoms with Crippen molar-refractivity contribution in [3.8, 4) is 11.1 Å². The van der Waals surface area contributed by atoms with Gasteiger partial charge in [0.15, 0.2) is 0 Å². The molecule has 0 bridgehead atoms. The lowest BCUT2D eigenvalue weighted by Crippen LogP contribution is -2.31. The van der Waals surface area contributed by atoms with E-state index in [1.807, 2.05) is 18.2 Å². The molecule has 0 saturated heterocycles. The Labute approximate surface area is 152 Å². The molecule has 130 valence electrons. The number of carbonyl (C=O) groups is 2. The number of hydrogen-bond donors (Lipinski definition) is 1. The van der Waals surface area contributed by atoms with Crippen molar-refractivity contribution in [3.05, 3.63) is 46.7 Å². The lowest BCUT2D eigenvalue weighted by Gasteiger charge is -2.28. The molecule has 0 radical (unpaired) electrons. The summed E-state index contributed by atoms with van der Waals surface area (Å²) in [5.41, 5.74) is 4.42. The highest BCUT2D eigenvalue weighted by molar-refractivity contribution is 6.34. The first kappa shape index (κ1) is 17.4. The van der Waals surface area contributed by atoms with Gasteiger partial charge < -0.3 is 10.2 Å². The number of para-hydroxylation sites is 1. The number of nitrogens with zero attached hydrogens (tertiary/aromatic N) is 2. The number of anilines is 1. The van der Waals surface area contributed by atoms with E-state index in [1.54, 1.807) is 31.3 Å². The maximum atomic E-state index is 12.1. The number of hydrogen-bond acceptors (Lipinski definition) is 3. The van der Waals surface area contributed by atoms with E-state index in [9.17, 15) is 9.59 Å². The Balaban J connectivity index is 2.04. The molecule has 6 heteroatoms. The van der Waals surface area contributed by atoms with Crippen molar-refractivity contribution in [2.45, 2.75) is 32.7 Å². The third-order valence-electron chi connectivity index (χ3n) is 4.48. The van der Waals surface area contributed by atoms with Crippen LogP contribution in [0, 0.1) is 0 Å². The molecule has 3 rings (SSSR count). The van der Waals surface area contributed by atoms with Gasteiger partial charge in [-0.15, -0.1) is 0 Å². The minimum Gasteiger partial charge on any atom is -0.352 e. The number of carbonyl (C=O) groups excluding carboxylic acids is 2. The van der Waals surface area contributed by atoms with Crippen molar-refractivity contribution < 1.29 is 9.59 Å². The van der Waals surface area contributed by atoms with Crippen molar-refractivity contribution in [1.82, 2.24) is 10.3 Å². The summed E-state index contributed by atoms with van der Waals surface area (Å²) in [6.45, 7) is 2.13. The summed E-state index contributed by atoms with van der Waals surface area (Å²) in [5, 5.41) is 3.37. The molecule has 0 atom stereocenters. The Morgan fingerprint density at radius 1 is 1.28 bits per heavy atom. The zero-order chi connectivity index (χ0) is 18.0. The van der Waals surface area contributed by atoms with E-state index in [1.165, 1.54) is 0 Å². The second-order valence-electron chi connectivity index (χ2n) is 6.06. The van der Waals surface area contributed by atoms with Gasteiger partial charge in [-0.1, -0.05) is 36.7 Å². The Morgan fingerprint density at radius 2 is 2.08 bits per heavy atom. The second kappa shape index (κ2) is 7.23. The molecule has 1 aromatic heterocycles. The number of benzene rings is 1. The SMILES string of the molecule is CCC(=O)NCc1cncc(-c2cccc3c2N(C)C(=O)CC3)c1Cl. The molecule has 5 nitrogen and oxygen atoms in total. The summed E-state index contributed by atoms with van der Waals surface area (Å²) >= 11 is 6.60. The number of nitrogens with one attached hydrogen (secondary N) is 1. The third-order valence-corrected chi connectivity index (χ3v) is 4.92. The fourth-order valence-corrected chi connectivity index (χ4v) is 3.32. The number of pyridine rings is 1. The average molecular weight is 358 g/mol. The molecule has 0 aliphatic carbocycles. The van der Waals surface area contributed by atoms with Gasteiger partial charge in [0.2, 0.25) is 11.8 Å². The summed E-state index contributed by atoms with van der Waals surface area (Å²) in [6, 6.07) is 5.96. The zero-order valence-electron chi connectivity index (χ0n) is 14.3. The lowest BCUT2D eigenvalue weighted by molar-refractivity contribution is -0.121. The summed E-state index contributed by atoms with van der Waals surface area (Å²) < 4.78 is 0. The predicted octanol–water partition coefficient (Wildman–Crippen LogP) is 3.34. The smallest absolute Gasteiger partial charge is 0.227 e. The van der Waals surface area contributed by atoms with Gasteiger partial charge in [0.25, 0.3) is 0 Å². The monoisotopic (exact) mass is 357 g/mol. The molecular weight excluding hydrogens is 338 g/mol. The fraction of sp³-hybridized carbons (Fsp3) is 0.316. The standard InChI is InChI=1S/C19H20ClN3O2/c1-3-16(24)22-10-13-9-21-11-15(18(13)20)14-6-4-5-12-7-8-17(25)23(2)19(12)14/h4-6,9,11H,3,7-8,10H2,1-2H3,(H,22,24). The third kappa shape index (κ3) is 3.37. The quantitative estimate of drug-likeness (QED) is 0.912. The second-order valence-corrected chi connectivity index (χ2v) is 6.43. The fourth-order valence-electron chi connectivity index (χ4n) is 3.06. The number of rotatable bonds is 4. The largest absolute Gasteiger partial charge is 0.352 e. The Hall–Kier alpha value is -2.40. The molecule has 25 heavy (non-hydrogen) atoms. The molecule has 2 amide bonds. The van der Waals surface area contributed by atoms with Gasteiger partial charge in [-0.2, -0.15) is 0 Å². The van der Waals surface area contributed by atoms with Crippen LogP contribution in [-0.2, 0) is 22.6 Å². The van der Waals surface area contributed by atoms with Gasteiger partial charge >= 0.3 is 0 Å². The maximum Gasteiger partial charge on any atom is 0.227 e. The van der Waals surface area contributed by atoms with Gasteiger partial charge in [0.05, 0.1) is 10.7 Å². The van der Waals surface area contributed by atoms with Gasteiger partial charge in [0, 0.05) is 55.5 Å². The Kier molecular flexibility index (Phi) is 5.04. The van der Waals surface area contributed by atoms with E-state index < -0.39 is 0 Å². The molecule has 1 aliphatic rings. The normalized spacial score (nSPS) is 13.6. The predicted molar refractivity (Wildman–Crippen MR) is 98.6 cm³/mol. The van der Waals surface area contributed by atoms with Crippen LogP contribution < -0.4 is 10.2 Å². The van der Waals surface area contributed by atoms with E-state index in [4.69, 9.17) is 11.6 Å². The molecule has 2 aromatic rings. The average Bonchev–Trinajstić information content (AvgIpc) is 2.63. The number of amides is 2.